The van der Waals surface area contributed by atoms with Gasteiger partial charge < -0.3 is 4.98 Å². The molecule has 84 valence electrons. The molecule has 3 rings (SSSR count). The van der Waals surface area contributed by atoms with Gasteiger partial charge in [-0.25, -0.2) is 9.37 Å². The van der Waals surface area contributed by atoms with Crippen LogP contribution in [0.25, 0.3) is 16.9 Å². The molecule has 1 N–H and O–H groups in total. The zero-order valence-corrected chi connectivity index (χ0v) is 9.28. The monoisotopic (exact) mass is 247 g/mol. The Kier molecular flexibility index (Phi) is 2.19. The number of nitrogens with zero attached hydrogens (tertiary/aromatic N) is 4. The van der Waals surface area contributed by atoms with Gasteiger partial charge >= 0.3 is 0 Å². The van der Waals surface area contributed by atoms with Gasteiger partial charge in [0.05, 0.1) is 6.33 Å². The van der Waals surface area contributed by atoms with E-state index in [4.69, 9.17) is 12.2 Å². The first-order chi connectivity index (χ1) is 8.27. The van der Waals surface area contributed by atoms with Crippen LogP contribution in [0.1, 0.15) is 0 Å². The van der Waals surface area contributed by atoms with Crippen LogP contribution in [-0.2, 0) is 0 Å². The highest BCUT2D eigenvalue weighted by molar-refractivity contribution is 7.71. The lowest BCUT2D eigenvalue weighted by atomic mass is 10.3. The average molecular weight is 247 g/mol. The zero-order chi connectivity index (χ0) is 11.8. The largest absolute Gasteiger partial charge is 0.329 e. The molecule has 0 fully saturated rings. The molecule has 0 bridgehead atoms. The number of aromatic nitrogens is 5. The van der Waals surface area contributed by atoms with Crippen molar-refractivity contribution in [2.24, 2.45) is 0 Å². The van der Waals surface area contributed by atoms with Crippen molar-refractivity contribution in [3.63, 3.8) is 0 Å². The van der Waals surface area contributed by atoms with Gasteiger partial charge in [0.2, 0.25) is 0 Å². The average Bonchev–Trinajstić information content (AvgIpc) is 2.75. The number of benzene rings is 1. The second-order valence-corrected chi connectivity index (χ2v) is 3.74. The molecule has 2 heterocycles. The molecule has 1 aromatic carbocycles. The Bertz CT molecular complexity index is 748. The van der Waals surface area contributed by atoms with Gasteiger partial charge in [0.25, 0.3) is 0 Å². The first-order valence-electron chi connectivity index (χ1n) is 4.81. The van der Waals surface area contributed by atoms with Gasteiger partial charge in [0, 0.05) is 0 Å². The zero-order valence-electron chi connectivity index (χ0n) is 8.46. The highest BCUT2D eigenvalue weighted by atomic mass is 32.1. The third kappa shape index (κ3) is 1.51. The van der Waals surface area contributed by atoms with Crippen molar-refractivity contribution in [1.29, 1.82) is 0 Å². The normalized spacial score (nSPS) is 10.9. The number of hydrogen-bond acceptors (Lipinski definition) is 4. The number of halogens is 1. The van der Waals surface area contributed by atoms with Gasteiger partial charge in [-0.05, 0) is 12.1 Å². The lowest BCUT2D eigenvalue weighted by molar-refractivity contribution is 0.609. The molecule has 0 spiro atoms. The van der Waals surface area contributed by atoms with Gasteiger partial charge in [-0.2, -0.15) is 4.68 Å². The van der Waals surface area contributed by atoms with Crippen LogP contribution < -0.4 is 0 Å². The van der Waals surface area contributed by atoms with Crippen LogP contribution in [0.3, 0.4) is 0 Å². The summed E-state index contributed by atoms with van der Waals surface area (Å²) in [7, 11) is 0. The van der Waals surface area contributed by atoms with Crippen LogP contribution in [0, 0.1) is 10.5 Å². The van der Waals surface area contributed by atoms with E-state index in [1.807, 2.05) is 0 Å². The molecule has 3 aromatic rings. The number of fused-ring (bicyclic) bond motifs is 1. The van der Waals surface area contributed by atoms with E-state index in [-0.39, 0.29) is 5.82 Å². The molecule has 0 unspecified atom stereocenters. The highest BCUT2D eigenvalue weighted by Crippen LogP contribution is 2.16. The third-order valence-corrected chi connectivity index (χ3v) is 2.64. The number of H-pyrrole nitrogens is 1. The van der Waals surface area contributed by atoms with E-state index in [2.05, 4.69) is 20.3 Å². The van der Waals surface area contributed by atoms with Crippen molar-refractivity contribution in [3.05, 3.63) is 41.1 Å². The summed E-state index contributed by atoms with van der Waals surface area (Å²) in [5, 5.41) is 7.76. The van der Waals surface area contributed by atoms with Crippen molar-refractivity contribution in [2.75, 3.05) is 0 Å². The Morgan fingerprint density at radius 2 is 2.12 bits per heavy atom. The molecule has 2 aromatic heterocycles. The van der Waals surface area contributed by atoms with Gasteiger partial charge in [-0.15, -0.1) is 5.10 Å². The number of para-hydroxylation sites is 1. The summed E-state index contributed by atoms with van der Waals surface area (Å²) in [4.78, 5) is 6.75. The van der Waals surface area contributed by atoms with E-state index >= 15 is 0 Å². The summed E-state index contributed by atoms with van der Waals surface area (Å²) >= 11 is 5.01. The quantitative estimate of drug-likeness (QED) is 0.668. The minimum Gasteiger partial charge on any atom is -0.329 e. The van der Waals surface area contributed by atoms with Gasteiger partial charge in [0.15, 0.2) is 15.8 Å². The number of hydrogen-bond donors (Lipinski definition) is 1. The van der Waals surface area contributed by atoms with E-state index in [1.54, 1.807) is 18.2 Å². The predicted molar refractivity (Wildman–Crippen MR) is 61.8 cm³/mol. The number of rotatable bonds is 1. The van der Waals surface area contributed by atoms with Crippen molar-refractivity contribution in [1.82, 2.24) is 25.0 Å². The van der Waals surface area contributed by atoms with E-state index in [9.17, 15) is 4.39 Å². The lowest BCUT2D eigenvalue weighted by Gasteiger charge is -2.02. The summed E-state index contributed by atoms with van der Waals surface area (Å²) in [5.41, 5.74) is 1.28. The van der Waals surface area contributed by atoms with E-state index < -0.39 is 0 Å². The first kappa shape index (κ1) is 10.0. The summed E-state index contributed by atoms with van der Waals surface area (Å²) < 4.78 is 15.3. The molecular weight excluding hydrogens is 241 g/mol. The Hall–Kier alpha value is -2.15. The Morgan fingerprint density at radius 1 is 1.29 bits per heavy atom. The Balaban J connectivity index is 2.36. The smallest absolute Gasteiger partial charge is 0.167 e. The topological polar surface area (TPSA) is 59.4 Å². The van der Waals surface area contributed by atoms with Gasteiger partial charge in [-0.1, -0.05) is 29.6 Å². The predicted octanol–water partition coefficient (Wildman–Crippen LogP) is 2.01. The molecule has 0 saturated heterocycles. The molecule has 0 saturated carbocycles. The second kappa shape index (κ2) is 3.70. The van der Waals surface area contributed by atoms with E-state index in [0.717, 1.165) is 0 Å². The summed E-state index contributed by atoms with van der Waals surface area (Å²) in [6.45, 7) is 0. The van der Waals surface area contributed by atoms with Crippen molar-refractivity contribution in [3.8, 4) is 5.69 Å². The maximum Gasteiger partial charge on any atom is 0.167 e. The molecule has 0 aliphatic heterocycles. The molecule has 0 radical (unpaired) electrons. The Morgan fingerprint density at radius 3 is 2.94 bits per heavy atom. The Labute approximate surface area is 99.9 Å². The van der Waals surface area contributed by atoms with Gasteiger partial charge in [0.1, 0.15) is 11.5 Å². The molecule has 0 aliphatic rings. The maximum absolute atomic E-state index is 13.6. The van der Waals surface area contributed by atoms with E-state index in [1.165, 1.54) is 17.1 Å². The van der Waals surface area contributed by atoms with Crippen molar-refractivity contribution < 1.29 is 4.39 Å². The van der Waals surface area contributed by atoms with Crippen molar-refractivity contribution >= 4 is 23.4 Å². The summed E-state index contributed by atoms with van der Waals surface area (Å²) in [5.74, 6) is -0.379. The molecule has 0 atom stereocenters. The van der Waals surface area contributed by atoms with Crippen LogP contribution >= 0.6 is 12.2 Å². The lowest BCUT2D eigenvalue weighted by Crippen LogP contribution is -2.00. The minimum atomic E-state index is -0.379. The maximum atomic E-state index is 13.6. The fraction of sp³-hybridized carbons (Fsp3) is 0. The van der Waals surface area contributed by atoms with Crippen LogP contribution in [0.15, 0.2) is 30.6 Å². The van der Waals surface area contributed by atoms with E-state index in [0.29, 0.717) is 21.5 Å². The van der Waals surface area contributed by atoms with Gasteiger partial charge in [-0.3, -0.25) is 0 Å². The highest BCUT2D eigenvalue weighted by Gasteiger charge is 2.11. The fourth-order valence-electron chi connectivity index (χ4n) is 1.56. The number of aromatic amines is 1. The summed E-state index contributed by atoms with van der Waals surface area (Å²) in [6.07, 6.45) is 1.44. The number of nitrogens with one attached hydrogen (secondary N) is 1. The molecule has 7 heteroatoms. The van der Waals surface area contributed by atoms with Crippen LogP contribution in [0.2, 0.25) is 0 Å². The summed E-state index contributed by atoms with van der Waals surface area (Å²) in [6, 6.07) is 6.31. The van der Waals surface area contributed by atoms with Crippen LogP contribution in [0.5, 0.6) is 0 Å². The SMILES string of the molecule is Fc1ccccc1-n1nnc2c(=S)nc[nH]c21. The minimum absolute atomic E-state index is 0.312. The molecular formula is C10H6FN5S. The first-order valence-corrected chi connectivity index (χ1v) is 5.22. The standard InChI is InChI=1S/C10H6FN5S/c11-6-3-1-2-4-7(6)16-9-8(14-15-16)10(17)13-5-12-9/h1-5H,(H,12,13,17). The van der Waals surface area contributed by atoms with Crippen LogP contribution in [-0.4, -0.2) is 25.0 Å². The van der Waals surface area contributed by atoms with Crippen LogP contribution in [0.4, 0.5) is 4.39 Å². The third-order valence-electron chi connectivity index (χ3n) is 2.34. The molecule has 5 nitrogen and oxygen atoms in total. The van der Waals surface area contributed by atoms with Crippen molar-refractivity contribution in [2.45, 2.75) is 0 Å². The fourth-order valence-corrected chi connectivity index (χ4v) is 1.75. The second-order valence-electron chi connectivity index (χ2n) is 3.36. The molecule has 17 heavy (non-hydrogen) atoms. The molecule has 0 amide bonds. The molecule has 0 aliphatic carbocycles.